The third-order valence-electron chi connectivity index (χ3n) is 8.50. The van der Waals surface area contributed by atoms with E-state index in [1.807, 2.05) is 78.6 Å². The van der Waals surface area contributed by atoms with Gasteiger partial charge in [-0.1, -0.05) is 62.7 Å². The van der Waals surface area contributed by atoms with Crippen LogP contribution >= 0.6 is 0 Å². The third-order valence-corrected chi connectivity index (χ3v) is 8.50. The van der Waals surface area contributed by atoms with Crippen LogP contribution in [0.5, 0.6) is 11.5 Å². The Morgan fingerprint density at radius 2 is 1.63 bits per heavy atom. The van der Waals surface area contributed by atoms with E-state index in [0.717, 1.165) is 66.1 Å². The Morgan fingerprint density at radius 1 is 0.913 bits per heavy atom. The molecule has 0 spiro atoms. The summed E-state index contributed by atoms with van der Waals surface area (Å²) in [5, 5.41) is 10.8. The molecule has 1 saturated heterocycles. The van der Waals surface area contributed by atoms with Crippen molar-refractivity contribution in [1.82, 2.24) is 14.7 Å². The second kappa shape index (κ2) is 14.1. The summed E-state index contributed by atoms with van der Waals surface area (Å²) in [5.41, 5.74) is 5.46. The molecule has 9 heteroatoms. The van der Waals surface area contributed by atoms with Gasteiger partial charge in [-0.15, -0.1) is 0 Å². The normalized spacial score (nSPS) is 13.7. The number of amides is 3. The van der Waals surface area contributed by atoms with E-state index in [0.29, 0.717) is 23.2 Å². The first kappa shape index (κ1) is 32.6. The maximum absolute atomic E-state index is 13.2. The van der Waals surface area contributed by atoms with Gasteiger partial charge in [-0.25, -0.2) is 9.48 Å². The molecule has 4 aromatic rings. The summed E-state index contributed by atoms with van der Waals surface area (Å²) in [4.78, 5) is 28.2. The van der Waals surface area contributed by atoms with E-state index < -0.39 is 0 Å². The van der Waals surface area contributed by atoms with Gasteiger partial charge in [0.2, 0.25) is 5.91 Å². The van der Waals surface area contributed by atoms with E-state index in [9.17, 15) is 9.59 Å². The maximum Gasteiger partial charge on any atom is 0.324 e. The molecule has 46 heavy (non-hydrogen) atoms. The molecular formula is C37H45N5O4. The summed E-state index contributed by atoms with van der Waals surface area (Å²) in [6.45, 7) is 9.80. The van der Waals surface area contributed by atoms with Crippen LogP contribution in [-0.2, 0) is 23.1 Å². The Hall–Kier alpha value is -4.79. The fourth-order valence-corrected chi connectivity index (χ4v) is 5.86. The number of anilines is 2. The summed E-state index contributed by atoms with van der Waals surface area (Å²) in [6, 6.07) is 23.3. The largest absolute Gasteiger partial charge is 0.493 e. The van der Waals surface area contributed by atoms with Crippen LogP contribution in [0.25, 0.3) is 5.69 Å². The number of ether oxygens (including phenoxy) is 2. The smallest absolute Gasteiger partial charge is 0.324 e. The molecule has 0 radical (unpaired) electrons. The number of methoxy groups -OCH3 is 2. The van der Waals surface area contributed by atoms with E-state index in [-0.39, 0.29) is 23.8 Å². The number of rotatable bonds is 9. The van der Waals surface area contributed by atoms with Crippen LogP contribution in [0.4, 0.5) is 16.3 Å². The molecule has 1 aromatic heterocycles. The van der Waals surface area contributed by atoms with Gasteiger partial charge in [0.05, 0.1) is 32.0 Å². The highest BCUT2D eigenvalue weighted by molar-refractivity contribution is 5.99. The number of benzene rings is 3. The van der Waals surface area contributed by atoms with E-state index in [2.05, 4.69) is 37.5 Å². The Bertz CT molecular complexity index is 1660. The van der Waals surface area contributed by atoms with Crippen molar-refractivity contribution in [2.45, 2.75) is 58.8 Å². The van der Waals surface area contributed by atoms with Crippen molar-refractivity contribution in [3.8, 4) is 17.2 Å². The SMILES string of the molecule is COc1cccc(CC(=O)N2CCC(Cc3cccc(NC(=O)Nc4cc(C(C)(C)C)nn4-c4ccc(C)cc4)c3)CC2)c1OC. The van der Waals surface area contributed by atoms with Gasteiger partial charge >= 0.3 is 6.03 Å². The average molecular weight is 624 g/mol. The predicted octanol–water partition coefficient (Wildman–Crippen LogP) is 7.16. The first-order chi connectivity index (χ1) is 22.0. The quantitative estimate of drug-likeness (QED) is 0.206. The number of piperidine rings is 1. The summed E-state index contributed by atoms with van der Waals surface area (Å²) in [5.74, 6) is 2.40. The number of likely N-dealkylation sites (tertiary alicyclic amines) is 1. The lowest BCUT2D eigenvalue weighted by molar-refractivity contribution is -0.131. The number of hydrogen-bond acceptors (Lipinski definition) is 5. The topological polar surface area (TPSA) is 97.7 Å². The van der Waals surface area contributed by atoms with E-state index in [1.165, 1.54) is 0 Å². The number of carbonyl (C=O) groups is 2. The molecule has 242 valence electrons. The Kier molecular flexibility index (Phi) is 9.99. The zero-order valence-electron chi connectivity index (χ0n) is 27.7. The molecule has 2 heterocycles. The summed E-state index contributed by atoms with van der Waals surface area (Å²) < 4.78 is 12.7. The number of aromatic nitrogens is 2. The van der Waals surface area contributed by atoms with Gasteiger partial charge in [-0.2, -0.15) is 5.10 Å². The lowest BCUT2D eigenvalue weighted by Gasteiger charge is -2.32. The molecule has 5 rings (SSSR count). The maximum atomic E-state index is 13.2. The summed E-state index contributed by atoms with van der Waals surface area (Å²) >= 11 is 0. The Morgan fingerprint density at radius 3 is 2.30 bits per heavy atom. The number of nitrogens with one attached hydrogen (secondary N) is 2. The molecular weight excluding hydrogens is 578 g/mol. The van der Waals surface area contributed by atoms with Crippen LogP contribution < -0.4 is 20.1 Å². The number of para-hydroxylation sites is 1. The van der Waals surface area contributed by atoms with Crippen LogP contribution in [-0.4, -0.2) is 53.9 Å². The van der Waals surface area contributed by atoms with Crippen molar-refractivity contribution < 1.29 is 19.1 Å². The highest BCUT2D eigenvalue weighted by Gasteiger charge is 2.25. The molecule has 2 N–H and O–H groups in total. The molecule has 1 aliphatic rings. The van der Waals surface area contributed by atoms with Gasteiger partial charge in [-0.05, 0) is 68.0 Å². The molecule has 3 amide bonds. The van der Waals surface area contributed by atoms with Crippen LogP contribution in [0.15, 0.2) is 72.8 Å². The van der Waals surface area contributed by atoms with Crippen LogP contribution in [0.1, 0.15) is 56.0 Å². The highest BCUT2D eigenvalue weighted by Crippen LogP contribution is 2.32. The number of aryl methyl sites for hydroxylation is 1. The van der Waals surface area contributed by atoms with Crippen LogP contribution in [0, 0.1) is 12.8 Å². The molecule has 0 aliphatic carbocycles. The van der Waals surface area contributed by atoms with Crippen molar-refractivity contribution in [3.05, 3.63) is 95.2 Å². The fourth-order valence-electron chi connectivity index (χ4n) is 5.86. The van der Waals surface area contributed by atoms with Crippen molar-refractivity contribution >= 4 is 23.4 Å². The van der Waals surface area contributed by atoms with Gasteiger partial charge in [0, 0.05) is 35.8 Å². The molecule has 0 atom stereocenters. The van der Waals surface area contributed by atoms with E-state index in [1.54, 1.807) is 18.9 Å². The highest BCUT2D eigenvalue weighted by atomic mass is 16.5. The molecule has 1 aliphatic heterocycles. The molecule has 1 fully saturated rings. The lowest BCUT2D eigenvalue weighted by Crippen LogP contribution is -2.39. The Balaban J connectivity index is 1.17. The predicted molar refractivity (Wildman–Crippen MR) is 182 cm³/mol. The van der Waals surface area contributed by atoms with Gasteiger partial charge in [-0.3, -0.25) is 10.1 Å². The Labute approximate surface area is 271 Å². The number of hydrogen-bond donors (Lipinski definition) is 2. The number of nitrogens with zero attached hydrogens (tertiary/aromatic N) is 3. The van der Waals surface area contributed by atoms with E-state index >= 15 is 0 Å². The molecule has 0 unspecified atom stereocenters. The average Bonchev–Trinajstić information content (AvgIpc) is 3.46. The minimum Gasteiger partial charge on any atom is -0.493 e. The number of carbonyl (C=O) groups excluding carboxylic acids is 2. The van der Waals surface area contributed by atoms with Crippen LogP contribution in [0.2, 0.25) is 0 Å². The van der Waals surface area contributed by atoms with E-state index in [4.69, 9.17) is 14.6 Å². The van der Waals surface area contributed by atoms with Gasteiger partial charge in [0.15, 0.2) is 11.5 Å². The minimum atomic E-state index is -0.328. The molecule has 9 nitrogen and oxygen atoms in total. The zero-order valence-corrected chi connectivity index (χ0v) is 27.7. The second-order valence-electron chi connectivity index (χ2n) is 13.0. The number of urea groups is 1. The zero-order chi connectivity index (χ0) is 32.8. The van der Waals surface area contributed by atoms with Gasteiger partial charge in [0.25, 0.3) is 0 Å². The van der Waals surface area contributed by atoms with Crippen molar-refractivity contribution in [2.75, 3.05) is 37.9 Å². The third kappa shape index (κ3) is 7.88. The van der Waals surface area contributed by atoms with Gasteiger partial charge < -0.3 is 19.7 Å². The standard InChI is InChI=1S/C37H45N5O4/c1-25-13-15-30(16-14-25)42-33(24-32(40-42)37(2,3)4)39-36(44)38-29-11-7-9-27(22-29)21-26-17-19-41(20-18-26)34(43)23-28-10-8-12-31(45-5)35(28)46-6/h7-16,22,24,26H,17-21,23H2,1-6H3,(H2,38,39,44). The first-order valence-corrected chi connectivity index (χ1v) is 15.9. The molecule has 0 saturated carbocycles. The second-order valence-corrected chi connectivity index (χ2v) is 13.0. The van der Waals surface area contributed by atoms with Crippen molar-refractivity contribution in [1.29, 1.82) is 0 Å². The lowest BCUT2D eigenvalue weighted by atomic mass is 9.90. The fraction of sp³-hybridized carbons (Fsp3) is 0.378. The molecule has 3 aromatic carbocycles. The summed E-state index contributed by atoms with van der Waals surface area (Å²) in [6.07, 6.45) is 3.03. The summed E-state index contributed by atoms with van der Waals surface area (Å²) in [7, 11) is 3.19. The molecule has 0 bridgehead atoms. The minimum absolute atomic E-state index is 0.0977. The first-order valence-electron chi connectivity index (χ1n) is 15.9. The van der Waals surface area contributed by atoms with Crippen molar-refractivity contribution in [2.24, 2.45) is 5.92 Å². The van der Waals surface area contributed by atoms with Crippen LogP contribution in [0.3, 0.4) is 0 Å². The van der Waals surface area contributed by atoms with Crippen molar-refractivity contribution in [3.63, 3.8) is 0 Å². The monoisotopic (exact) mass is 623 g/mol. The van der Waals surface area contributed by atoms with Gasteiger partial charge in [0.1, 0.15) is 5.82 Å².